The molecule has 3 heterocycles. The smallest absolute Gasteiger partial charge is 0.290 e. The lowest BCUT2D eigenvalue weighted by atomic mass is 9.92. The fourth-order valence-electron chi connectivity index (χ4n) is 2.98. The quantitative estimate of drug-likeness (QED) is 0.610. The summed E-state index contributed by atoms with van der Waals surface area (Å²) in [6, 6.07) is 1.79. The summed E-state index contributed by atoms with van der Waals surface area (Å²) < 4.78 is 11.4. The molecule has 7 heteroatoms. The van der Waals surface area contributed by atoms with Crippen molar-refractivity contribution in [2.45, 2.75) is 25.4 Å². The Morgan fingerprint density at radius 3 is 2.81 bits per heavy atom. The van der Waals surface area contributed by atoms with E-state index in [1.165, 1.54) is 6.20 Å². The summed E-state index contributed by atoms with van der Waals surface area (Å²) in [6.07, 6.45) is 3.11. The van der Waals surface area contributed by atoms with Gasteiger partial charge in [-0.25, -0.2) is 4.98 Å². The van der Waals surface area contributed by atoms with Crippen molar-refractivity contribution in [2.75, 3.05) is 37.8 Å². The molecule has 114 valence electrons. The first-order valence-electron chi connectivity index (χ1n) is 7.17. The maximum absolute atomic E-state index is 10.9. The van der Waals surface area contributed by atoms with E-state index < -0.39 is 4.92 Å². The summed E-state index contributed by atoms with van der Waals surface area (Å²) in [7, 11) is 0. The maximum atomic E-state index is 10.9. The van der Waals surface area contributed by atoms with Gasteiger partial charge in [0.25, 0.3) is 5.69 Å². The Morgan fingerprint density at radius 2 is 2.14 bits per heavy atom. The number of nitro groups is 1. The predicted molar refractivity (Wildman–Crippen MR) is 76.6 cm³/mol. The normalized spacial score (nSPS) is 21.5. The third-order valence-electron chi connectivity index (χ3n) is 4.24. The van der Waals surface area contributed by atoms with Crippen LogP contribution in [-0.4, -0.2) is 48.4 Å². The molecule has 0 radical (unpaired) electrons. The SMILES string of the molecule is Cc1cc(N2CCOC3(CCOCC3)C2)ncc1[N+](=O)[O-]. The molecule has 0 aromatic carbocycles. The van der Waals surface area contributed by atoms with Gasteiger partial charge in [0.05, 0.1) is 17.1 Å². The minimum absolute atomic E-state index is 0.0628. The van der Waals surface area contributed by atoms with Crippen molar-refractivity contribution in [1.82, 2.24) is 4.98 Å². The molecule has 0 atom stereocenters. The van der Waals surface area contributed by atoms with Gasteiger partial charge in [-0.05, 0) is 13.0 Å². The molecule has 7 nitrogen and oxygen atoms in total. The zero-order valence-electron chi connectivity index (χ0n) is 12.1. The molecule has 1 aromatic heterocycles. The third-order valence-corrected chi connectivity index (χ3v) is 4.24. The Hall–Kier alpha value is -1.73. The van der Waals surface area contributed by atoms with Crippen LogP contribution in [0.3, 0.4) is 0 Å². The van der Waals surface area contributed by atoms with Gasteiger partial charge in [0.2, 0.25) is 0 Å². The minimum atomic E-state index is -0.397. The van der Waals surface area contributed by atoms with Gasteiger partial charge in [0.1, 0.15) is 12.0 Å². The lowest BCUT2D eigenvalue weighted by Crippen LogP contribution is -2.54. The van der Waals surface area contributed by atoms with Gasteiger partial charge >= 0.3 is 0 Å². The van der Waals surface area contributed by atoms with Crippen LogP contribution >= 0.6 is 0 Å². The zero-order chi connectivity index (χ0) is 14.9. The van der Waals surface area contributed by atoms with Gasteiger partial charge in [0, 0.05) is 44.7 Å². The molecule has 21 heavy (non-hydrogen) atoms. The van der Waals surface area contributed by atoms with Crippen molar-refractivity contribution in [1.29, 1.82) is 0 Å². The van der Waals surface area contributed by atoms with Crippen LogP contribution in [0.1, 0.15) is 18.4 Å². The van der Waals surface area contributed by atoms with E-state index >= 15 is 0 Å². The number of aromatic nitrogens is 1. The second-order valence-electron chi connectivity index (χ2n) is 5.65. The van der Waals surface area contributed by atoms with Crippen molar-refractivity contribution >= 4 is 11.5 Å². The van der Waals surface area contributed by atoms with E-state index in [9.17, 15) is 10.1 Å². The van der Waals surface area contributed by atoms with Crippen molar-refractivity contribution in [2.24, 2.45) is 0 Å². The maximum Gasteiger partial charge on any atom is 0.290 e. The Labute approximate surface area is 123 Å². The number of aryl methyl sites for hydroxylation is 1. The molecule has 0 saturated carbocycles. The monoisotopic (exact) mass is 293 g/mol. The largest absolute Gasteiger partial charge is 0.381 e. The number of nitrogens with zero attached hydrogens (tertiary/aromatic N) is 3. The summed E-state index contributed by atoms with van der Waals surface area (Å²) in [4.78, 5) is 16.9. The predicted octanol–water partition coefficient (Wildman–Crippen LogP) is 1.68. The molecule has 3 rings (SSSR count). The Kier molecular flexibility index (Phi) is 3.77. The van der Waals surface area contributed by atoms with Gasteiger partial charge in [-0.15, -0.1) is 0 Å². The van der Waals surface area contributed by atoms with E-state index in [0.29, 0.717) is 12.2 Å². The van der Waals surface area contributed by atoms with Crippen LogP contribution in [0.5, 0.6) is 0 Å². The number of ether oxygens (including phenoxy) is 2. The van der Waals surface area contributed by atoms with Crippen LogP contribution in [0.4, 0.5) is 11.5 Å². The second kappa shape index (κ2) is 5.57. The van der Waals surface area contributed by atoms with Crippen LogP contribution < -0.4 is 4.90 Å². The lowest BCUT2D eigenvalue weighted by molar-refractivity contribution is -0.385. The summed E-state index contributed by atoms with van der Waals surface area (Å²) >= 11 is 0. The molecule has 0 amide bonds. The molecule has 0 aliphatic carbocycles. The van der Waals surface area contributed by atoms with Crippen molar-refractivity contribution in [3.63, 3.8) is 0 Å². The molecule has 2 aliphatic heterocycles. The van der Waals surface area contributed by atoms with Crippen LogP contribution in [0, 0.1) is 17.0 Å². The average molecular weight is 293 g/mol. The summed E-state index contributed by atoms with van der Waals surface area (Å²) in [5.74, 6) is 0.785. The van der Waals surface area contributed by atoms with Gasteiger partial charge in [-0.1, -0.05) is 0 Å². The lowest BCUT2D eigenvalue weighted by Gasteiger charge is -2.45. The van der Waals surface area contributed by atoms with Crippen LogP contribution in [0.15, 0.2) is 12.3 Å². The second-order valence-corrected chi connectivity index (χ2v) is 5.65. The van der Waals surface area contributed by atoms with Crippen molar-refractivity contribution in [3.05, 3.63) is 27.9 Å². The molecule has 0 bridgehead atoms. The standard InChI is InChI=1S/C14H19N3O4/c1-11-8-13(15-9-12(11)17(18)19)16-4-7-21-14(10-16)2-5-20-6-3-14/h8-9H,2-7,10H2,1H3. The number of hydrogen-bond acceptors (Lipinski definition) is 6. The van der Waals surface area contributed by atoms with Gasteiger partial charge < -0.3 is 14.4 Å². The summed E-state index contributed by atoms with van der Waals surface area (Å²) in [5, 5.41) is 10.9. The molecular weight excluding hydrogens is 274 g/mol. The van der Waals surface area contributed by atoms with E-state index in [1.54, 1.807) is 13.0 Å². The highest BCUT2D eigenvalue weighted by atomic mass is 16.6. The highest BCUT2D eigenvalue weighted by Crippen LogP contribution is 2.31. The number of hydrogen-bond donors (Lipinski definition) is 0. The Bertz CT molecular complexity index is 538. The highest BCUT2D eigenvalue weighted by Gasteiger charge is 2.38. The molecular formula is C14H19N3O4. The molecule has 1 spiro atoms. The zero-order valence-corrected chi connectivity index (χ0v) is 12.1. The fraction of sp³-hybridized carbons (Fsp3) is 0.643. The number of rotatable bonds is 2. The van der Waals surface area contributed by atoms with Gasteiger partial charge in [-0.2, -0.15) is 0 Å². The van der Waals surface area contributed by atoms with Crippen molar-refractivity contribution < 1.29 is 14.4 Å². The number of anilines is 1. The average Bonchev–Trinajstić information content (AvgIpc) is 2.47. The minimum Gasteiger partial charge on any atom is -0.381 e. The molecule has 0 N–H and O–H groups in total. The van der Waals surface area contributed by atoms with Crippen LogP contribution in [-0.2, 0) is 9.47 Å². The van der Waals surface area contributed by atoms with E-state index in [0.717, 1.165) is 45.0 Å². The van der Waals surface area contributed by atoms with Crippen LogP contribution in [0.2, 0.25) is 0 Å². The molecule has 2 saturated heterocycles. The molecule has 0 unspecified atom stereocenters. The first-order valence-corrected chi connectivity index (χ1v) is 7.17. The summed E-state index contributed by atoms with van der Waals surface area (Å²) in [5.41, 5.74) is 0.540. The molecule has 2 aliphatic rings. The highest BCUT2D eigenvalue weighted by molar-refractivity contribution is 5.49. The molecule has 2 fully saturated rings. The third kappa shape index (κ3) is 2.84. The number of morpholine rings is 1. The Balaban J connectivity index is 1.80. The molecule has 1 aromatic rings. The number of pyridine rings is 1. The fourth-order valence-corrected chi connectivity index (χ4v) is 2.98. The van der Waals surface area contributed by atoms with Crippen LogP contribution in [0.25, 0.3) is 0 Å². The van der Waals surface area contributed by atoms with Gasteiger partial charge in [-0.3, -0.25) is 10.1 Å². The first kappa shape index (κ1) is 14.2. The van der Waals surface area contributed by atoms with E-state index in [4.69, 9.17) is 9.47 Å². The van der Waals surface area contributed by atoms with Gasteiger partial charge in [0.15, 0.2) is 0 Å². The van der Waals surface area contributed by atoms with E-state index in [1.807, 2.05) is 0 Å². The summed E-state index contributed by atoms with van der Waals surface area (Å²) in [6.45, 7) is 5.36. The first-order chi connectivity index (χ1) is 10.1. The topological polar surface area (TPSA) is 77.7 Å². The van der Waals surface area contributed by atoms with E-state index in [-0.39, 0.29) is 11.3 Å². The Morgan fingerprint density at radius 1 is 1.38 bits per heavy atom. The van der Waals surface area contributed by atoms with E-state index in [2.05, 4.69) is 9.88 Å². The van der Waals surface area contributed by atoms with Crippen molar-refractivity contribution in [3.8, 4) is 0 Å².